The number of thiazole rings is 1. The SMILES string of the molecule is CCc1cccc(NC(=O)Cc2nc(C)c(C(=O)NCc3ccc(F)cc3)s2)c1. The Balaban J connectivity index is 1.59. The minimum absolute atomic E-state index is 0.104. The average molecular weight is 412 g/mol. The van der Waals surface area contributed by atoms with Crippen LogP contribution >= 0.6 is 11.3 Å². The van der Waals surface area contributed by atoms with Crippen LogP contribution < -0.4 is 10.6 Å². The Hall–Kier alpha value is -3.06. The summed E-state index contributed by atoms with van der Waals surface area (Å²) in [5.74, 6) is -0.750. The highest BCUT2D eigenvalue weighted by atomic mass is 32.1. The number of anilines is 1. The van der Waals surface area contributed by atoms with Crippen LogP contribution in [0, 0.1) is 12.7 Å². The number of carbonyl (C=O) groups is 2. The molecule has 0 unspecified atom stereocenters. The van der Waals surface area contributed by atoms with Gasteiger partial charge in [-0.1, -0.05) is 31.2 Å². The molecule has 0 spiro atoms. The van der Waals surface area contributed by atoms with Crippen molar-refractivity contribution < 1.29 is 14.0 Å². The highest BCUT2D eigenvalue weighted by Gasteiger charge is 2.17. The summed E-state index contributed by atoms with van der Waals surface area (Å²) in [5.41, 5.74) is 3.28. The summed E-state index contributed by atoms with van der Waals surface area (Å²) in [6.07, 6.45) is 0.999. The van der Waals surface area contributed by atoms with Crippen LogP contribution in [0.1, 0.15) is 38.4 Å². The lowest BCUT2D eigenvalue weighted by Gasteiger charge is -2.05. The van der Waals surface area contributed by atoms with Gasteiger partial charge in [0.2, 0.25) is 5.91 Å². The first-order valence-corrected chi connectivity index (χ1v) is 10.1. The van der Waals surface area contributed by atoms with Crippen molar-refractivity contribution in [1.29, 1.82) is 0 Å². The van der Waals surface area contributed by atoms with Gasteiger partial charge in [0.1, 0.15) is 15.7 Å². The minimum atomic E-state index is -0.317. The Bertz CT molecular complexity index is 1020. The molecule has 0 fully saturated rings. The van der Waals surface area contributed by atoms with E-state index in [4.69, 9.17) is 0 Å². The molecular formula is C22H22FN3O2S. The fourth-order valence-electron chi connectivity index (χ4n) is 2.81. The lowest BCUT2D eigenvalue weighted by Crippen LogP contribution is -2.22. The smallest absolute Gasteiger partial charge is 0.263 e. The third kappa shape index (κ3) is 5.71. The Morgan fingerprint density at radius 1 is 1.10 bits per heavy atom. The molecule has 3 aromatic rings. The van der Waals surface area contributed by atoms with E-state index >= 15 is 0 Å². The van der Waals surface area contributed by atoms with E-state index in [-0.39, 0.29) is 24.1 Å². The van der Waals surface area contributed by atoms with Crippen LogP contribution in [0.4, 0.5) is 10.1 Å². The Morgan fingerprint density at radius 2 is 1.86 bits per heavy atom. The van der Waals surface area contributed by atoms with Crippen LogP contribution in [-0.4, -0.2) is 16.8 Å². The normalized spacial score (nSPS) is 10.6. The third-order valence-corrected chi connectivity index (χ3v) is 5.50. The van der Waals surface area contributed by atoms with Crippen LogP contribution in [0.3, 0.4) is 0 Å². The first-order chi connectivity index (χ1) is 13.9. The molecule has 0 saturated heterocycles. The summed E-state index contributed by atoms with van der Waals surface area (Å²) in [6, 6.07) is 13.7. The highest BCUT2D eigenvalue weighted by Crippen LogP contribution is 2.20. The molecule has 3 rings (SSSR count). The van der Waals surface area contributed by atoms with Crippen molar-refractivity contribution in [2.75, 3.05) is 5.32 Å². The maximum absolute atomic E-state index is 13.0. The molecule has 0 aliphatic carbocycles. The lowest BCUT2D eigenvalue weighted by molar-refractivity contribution is -0.115. The van der Waals surface area contributed by atoms with Gasteiger partial charge in [-0.15, -0.1) is 11.3 Å². The van der Waals surface area contributed by atoms with Crippen LogP contribution in [0.5, 0.6) is 0 Å². The molecule has 2 aromatic carbocycles. The lowest BCUT2D eigenvalue weighted by atomic mass is 10.1. The molecule has 150 valence electrons. The first-order valence-electron chi connectivity index (χ1n) is 9.32. The van der Waals surface area contributed by atoms with Crippen molar-refractivity contribution in [3.05, 3.63) is 81.1 Å². The van der Waals surface area contributed by atoms with Crippen molar-refractivity contribution in [3.8, 4) is 0 Å². The van der Waals surface area contributed by atoms with E-state index in [2.05, 4.69) is 22.5 Å². The van der Waals surface area contributed by atoms with E-state index in [0.29, 0.717) is 22.1 Å². The van der Waals surface area contributed by atoms with Gasteiger partial charge >= 0.3 is 0 Å². The molecule has 0 radical (unpaired) electrons. The number of hydrogen-bond donors (Lipinski definition) is 2. The zero-order chi connectivity index (χ0) is 20.8. The molecule has 2 amide bonds. The van der Waals surface area contributed by atoms with E-state index < -0.39 is 0 Å². The number of nitrogens with one attached hydrogen (secondary N) is 2. The van der Waals surface area contributed by atoms with Crippen LogP contribution in [-0.2, 0) is 24.2 Å². The van der Waals surface area contributed by atoms with E-state index in [1.807, 2.05) is 24.3 Å². The summed E-state index contributed by atoms with van der Waals surface area (Å²) >= 11 is 1.21. The number of aryl methyl sites for hydroxylation is 2. The van der Waals surface area contributed by atoms with Gasteiger partial charge in [0.15, 0.2) is 0 Å². The van der Waals surface area contributed by atoms with Crippen LogP contribution in [0.25, 0.3) is 0 Å². The standard InChI is InChI=1S/C22H22FN3O2S/c1-3-15-5-4-6-18(11-15)26-19(27)12-20-25-14(2)21(29-20)22(28)24-13-16-7-9-17(23)10-8-16/h4-11H,3,12-13H2,1-2H3,(H,24,28)(H,26,27). The molecular weight excluding hydrogens is 389 g/mol. The topological polar surface area (TPSA) is 71.1 Å². The van der Waals surface area contributed by atoms with Crippen molar-refractivity contribution in [3.63, 3.8) is 0 Å². The molecule has 0 aliphatic heterocycles. The Kier molecular flexibility index (Phi) is 6.72. The summed E-state index contributed by atoms with van der Waals surface area (Å²) < 4.78 is 13.0. The molecule has 29 heavy (non-hydrogen) atoms. The molecule has 0 saturated carbocycles. The van der Waals surface area contributed by atoms with Crippen LogP contribution in [0.15, 0.2) is 48.5 Å². The van der Waals surface area contributed by atoms with Crippen molar-refractivity contribution >= 4 is 28.8 Å². The van der Waals surface area contributed by atoms with E-state index in [1.165, 1.54) is 23.5 Å². The third-order valence-electron chi connectivity index (χ3n) is 4.34. The fourth-order valence-corrected chi connectivity index (χ4v) is 3.79. The largest absolute Gasteiger partial charge is 0.347 e. The second-order valence-corrected chi connectivity index (χ2v) is 7.69. The van der Waals surface area contributed by atoms with Crippen LogP contribution in [0.2, 0.25) is 0 Å². The van der Waals surface area contributed by atoms with Gasteiger partial charge in [-0.25, -0.2) is 9.37 Å². The van der Waals surface area contributed by atoms with Crippen molar-refractivity contribution in [2.24, 2.45) is 0 Å². The average Bonchev–Trinajstić information content (AvgIpc) is 3.07. The highest BCUT2D eigenvalue weighted by molar-refractivity contribution is 7.13. The quantitative estimate of drug-likeness (QED) is 0.610. The first kappa shape index (κ1) is 20.7. The number of nitrogens with zero attached hydrogens (tertiary/aromatic N) is 1. The van der Waals surface area contributed by atoms with Crippen molar-refractivity contribution in [2.45, 2.75) is 33.2 Å². The van der Waals surface area contributed by atoms with Gasteiger partial charge < -0.3 is 10.6 Å². The summed E-state index contributed by atoms with van der Waals surface area (Å²) in [7, 11) is 0. The second kappa shape index (κ2) is 9.43. The van der Waals surface area contributed by atoms with Gasteiger partial charge in [-0.2, -0.15) is 0 Å². The Morgan fingerprint density at radius 3 is 2.59 bits per heavy atom. The minimum Gasteiger partial charge on any atom is -0.347 e. The molecule has 0 atom stereocenters. The number of amides is 2. The predicted octanol–water partition coefficient (Wildman–Crippen LogP) is 4.26. The molecule has 0 bridgehead atoms. The fraction of sp³-hybridized carbons (Fsp3) is 0.227. The molecule has 5 nitrogen and oxygen atoms in total. The molecule has 7 heteroatoms. The maximum Gasteiger partial charge on any atom is 0.263 e. The van der Waals surface area contributed by atoms with Gasteiger partial charge in [-0.05, 0) is 48.7 Å². The second-order valence-electron chi connectivity index (χ2n) is 6.61. The summed E-state index contributed by atoms with van der Waals surface area (Å²) in [4.78, 5) is 29.6. The predicted molar refractivity (Wildman–Crippen MR) is 113 cm³/mol. The monoisotopic (exact) mass is 411 g/mol. The van der Waals surface area contributed by atoms with Gasteiger partial charge in [0.25, 0.3) is 5.91 Å². The number of hydrogen-bond acceptors (Lipinski definition) is 4. The zero-order valence-electron chi connectivity index (χ0n) is 16.3. The van der Waals surface area contributed by atoms with Crippen molar-refractivity contribution in [1.82, 2.24) is 10.3 Å². The number of aromatic nitrogens is 1. The van der Waals surface area contributed by atoms with E-state index in [0.717, 1.165) is 23.2 Å². The summed E-state index contributed by atoms with van der Waals surface area (Å²) in [6.45, 7) is 4.09. The molecule has 1 heterocycles. The summed E-state index contributed by atoms with van der Waals surface area (Å²) in [5, 5.41) is 6.26. The Labute approximate surface area is 173 Å². The number of rotatable bonds is 7. The number of benzene rings is 2. The molecule has 1 aromatic heterocycles. The van der Waals surface area contributed by atoms with Gasteiger partial charge in [0, 0.05) is 12.2 Å². The van der Waals surface area contributed by atoms with Gasteiger partial charge in [0.05, 0.1) is 12.1 Å². The zero-order valence-corrected chi connectivity index (χ0v) is 17.1. The van der Waals surface area contributed by atoms with Gasteiger partial charge in [-0.3, -0.25) is 9.59 Å². The number of carbonyl (C=O) groups excluding carboxylic acids is 2. The molecule has 2 N–H and O–H groups in total. The van der Waals surface area contributed by atoms with E-state index in [9.17, 15) is 14.0 Å². The molecule has 0 aliphatic rings. The van der Waals surface area contributed by atoms with E-state index in [1.54, 1.807) is 19.1 Å². The maximum atomic E-state index is 13.0. The number of halogens is 1.